The van der Waals surface area contributed by atoms with Crippen LogP contribution in [-0.2, 0) is 9.53 Å². The lowest BCUT2D eigenvalue weighted by molar-refractivity contribution is -0.384. The monoisotopic (exact) mass is 341 g/mol. The first-order chi connectivity index (χ1) is 11.4. The van der Waals surface area contributed by atoms with Crippen molar-refractivity contribution in [2.75, 3.05) is 0 Å². The summed E-state index contributed by atoms with van der Waals surface area (Å²) < 4.78 is 5.27. The predicted octanol–water partition coefficient (Wildman–Crippen LogP) is 4.54. The lowest BCUT2D eigenvalue weighted by Crippen LogP contribution is -1.97. The summed E-state index contributed by atoms with van der Waals surface area (Å²) in [6, 6.07) is 11.9. The first-order valence-electron chi connectivity index (χ1n) is 7.10. The zero-order valence-electron chi connectivity index (χ0n) is 12.7. The third-order valence-corrected chi connectivity index (χ3v) is 3.87. The van der Waals surface area contributed by atoms with Crippen LogP contribution in [0.25, 0.3) is 11.8 Å². The van der Waals surface area contributed by atoms with Gasteiger partial charge in [-0.15, -0.1) is 0 Å². The van der Waals surface area contributed by atoms with E-state index in [9.17, 15) is 14.9 Å². The Hall–Kier alpha value is -2.92. The molecule has 0 fully saturated rings. The average molecular weight is 342 g/mol. The summed E-state index contributed by atoms with van der Waals surface area (Å²) in [5.74, 6) is -0.0436. The van der Waals surface area contributed by atoms with E-state index < -0.39 is 10.9 Å². The molecule has 1 aliphatic rings. The number of hydrogen-bond donors (Lipinski definition) is 0. The van der Waals surface area contributed by atoms with E-state index in [0.29, 0.717) is 16.9 Å². The molecule has 2 aromatic rings. The highest BCUT2D eigenvalue weighted by Crippen LogP contribution is 2.30. The number of aryl methyl sites for hydroxylation is 1. The second-order valence-electron chi connectivity index (χ2n) is 5.33. The van der Waals surface area contributed by atoms with Gasteiger partial charge in [-0.05, 0) is 30.7 Å². The van der Waals surface area contributed by atoms with Crippen LogP contribution in [0.2, 0.25) is 5.02 Å². The van der Waals surface area contributed by atoms with E-state index in [0.717, 1.165) is 11.1 Å². The number of esters is 1. The summed E-state index contributed by atoms with van der Waals surface area (Å²) in [6.45, 7) is 1.97. The Morgan fingerprint density at radius 1 is 1.17 bits per heavy atom. The molecule has 0 saturated carbocycles. The summed E-state index contributed by atoms with van der Waals surface area (Å²) in [4.78, 5) is 22.4. The molecule has 0 amide bonds. The molecule has 0 N–H and O–H groups in total. The molecular formula is C18H12ClNO4. The highest BCUT2D eigenvalue weighted by molar-refractivity contribution is 6.32. The molecule has 0 unspecified atom stereocenters. The van der Waals surface area contributed by atoms with Crippen LogP contribution in [0.5, 0.6) is 0 Å². The maximum absolute atomic E-state index is 12.0. The van der Waals surface area contributed by atoms with Gasteiger partial charge in [0.05, 0.1) is 10.5 Å². The maximum Gasteiger partial charge on any atom is 0.343 e. The fourth-order valence-corrected chi connectivity index (χ4v) is 2.47. The molecule has 1 heterocycles. The summed E-state index contributed by atoms with van der Waals surface area (Å²) in [6.07, 6.45) is 3.15. The SMILES string of the molecule is Cc1ccc(C2=C/C(=C\c3ccc(Cl)c([N+](=O)[O-])c3)C(=O)O2)cc1. The Morgan fingerprint density at radius 2 is 1.88 bits per heavy atom. The molecule has 2 aromatic carbocycles. The summed E-state index contributed by atoms with van der Waals surface area (Å²) in [5.41, 5.74) is 2.51. The number of cyclic esters (lactones) is 1. The van der Waals surface area contributed by atoms with Gasteiger partial charge in [-0.25, -0.2) is 4.79 Å². The first-order valence-corrected chi connectivity index (χ1v) is 7.48. The average Bonchev–Trinajstić information content (AvgIpc) is 2.90. The zero-order chi connectivity index (χ0) is 17.3. The van der Waals surface area contributed by atoms with Gasteiger partial charge in [0.15, 0.2) is 0 Å². The van der Waals surface area contributed by atoms with E-state index in [2.05, 4.69) is 0 Å². The van der Waals surface area contributed by atoms with Crippen molar-refractivity contribution in [2.24, 2.45) is 0 Å². The van der Waals surface area contributed by atoms with E-state index in [1.807, 2.05) is 31.2 Å². The van der Waals surface area contributed by atoms with E-state index in [1.54, 1.807) is 12.1 Å². The quantitative estimate of drug-likeness (QED) is 0.356. The normalized spacial score (nSPS) is 15.3. The number of hydrogen-bond acceptors (Lipinski definition) is 4. The van der Waals surface area contributed by atoms with Crippen LogP contribution in [0.1, 0.15) is 16.7 Å². The van der Waals surface area contributed by atoms with Crippen LogP contribution in [0, 0.1) is 17.0 Å². The fourth-order valence-electron chi connectivity index (χ4n) is 2.29. The van der Waals surface area contributed by atoms with E-state index in [1.165, 1.54) is 18.2 Å². The van der Waals surface area contributed by atoms with Crippen molar-refractivity contribution in [1.29, 1.82) is 0 Å². The van der Waals surface area contributed by atoms with Gasteiger partial charge in [-0.1, -0.05) is 47.5 Å². The third kappa shape index (κ3) is 3.21. The summed E-state index contributed by atoms with van der Waals surface area (Å²) >= 11 is 5.79. The van der Waals surface area contributed by atoms with Gasteiger partial charge in [0.2, 0.25) is 0 Å². The Bertz CT molecular complexity index is 898. The number of ether oxygens (including phenoxy) is 1. The third-order valence-electron chi connectivity index (χ3n) is 3.55. The van der Waals surface area contributed by atoms with Crippen molar-refractivity contribution in [2.45, 2.75) is 6.92 Å². The molecule has 120 valence electrons. The molecule has 1 aliphatic heterocycles. The van der Waals surface area contributed by atoms with Crippen molar-refractivity contribution in [3.63, 3.8) is 0 Å². The van der Waals surface area contributed by atoms with Gasteiger partial charge >= 0.3 is 5.97 Å². The molecule has 24 heavy (non-hydrogen) atoms. The summed E-state index contributed by atoms with van der Waals surface area (Å²) in [5, 5.41) is 11.0. The van der Waals surface area contributed by atoms with Crippen molar-refractivity contribution in [1.82, 2.24) is 0 Å². The van der Waals surface area contributed by atoms with Gasteiger partial charge in [-0.2, -0.15) is 0 Å². The highest BCUT2D eigenvalue weighted by atomic mass is 35.5. The lowest BCUT2D eigenvalue weighted by atomic mass is 10.1. The standard InChI is InChI=1S/C18H12ClNO4/c1-11-2-5-13(6-3-11)17-10-14(18(21)24-17)8-12-4-7-15(19)16(9-12)20(22)23/h2-10H,1H3/b14-8+. The fraction of sp³-hybridized carbons (Fsp3) is 0.0556. The van der Waals surface area contributed by atoms with Gasteiger partial charge in [0.25, 0.3) is 5.69 Å². The Balaban J connectivity index is 1.95. The Labute approximate surface area is 143 Å². The molecule has 6 heteroatoms. The summed E-state index contributed by atoms with van der Waals surface area (Å²) in [7, 11) is 0. The smallest absolute Gasteiger partial charge is 0.343 e. The van der Waals surface area contributed by atoms with Gasteiger partial charge in [-0.3, -0.25) is 10.1 Å². The van der Waals surface area contributed by atoms with Gasteiger partial charge in [0, 0.05) is 11.6 Å². The number of nitro benzene ring substituents is 1. The molecule has 3 rings (SSSR count). The number of halogens is 1. The molecule has 0 aliphatic carbocycles. The number of carbonyl (C=O) groups is 1. The molecule has 5 nitrogen and oxygen atoms in total. The van der Waals surface area contributed by atoms with Crippen LogP contribution >= 0.6 is 11.6 Å². The van der Waals surface area contributed by atoms with Crippen LogP contribution in [0.4, 0.5) is 5.69 Å². The van der Waals surface area contributed by atoms with Crippen molar-refractivity contribution >= 4 is 35.1 Å². The predicted molar refractivity (Wildman–Crippen MR) is 91.3 cm³/mol. The number of nitro groups is 1. The minimum absolute atomic E-state index is 0.0482. The van der Waals surface area contributed by atoms with Crippen molar-refractivity contribution in [3.05, 3.63) is 85.9 Å². The van der Waals surface area contributed by atoms with Crippen LogP contribution in [0.15, 0.2) is 54.1 Å². The van der Waals surface area contributed by atoms with E-state index in [4.69, 9.17) is 16.3 Å². The Morgan fingerprint density at radius 3 is 2.54 bits per heavy atom. The second-order valence-corrected chi connectivity index (χ2v) is 5.74. The minimum atomic E-state index is -0.565. The molecule has 0 bridgehead atoms. The van der Waals surface area contributed by atoms with Gasteiger partial charge < -0.3 is 4.74 Å². The largest absolute Gasteiger partial charge is 0.422 e. The van der Waals surface area contributed by atoms with Crippen molar-refractivity contribution < 1.29 is 14.5 Å². The molecule has 0 aromatic heterocycles. The topological polar surface area (TPSA) is 69.4 Å². The molecule has 0 saturated heterocycles. The van der Waals surface area contributed by atoms with E-state index in [-0.39, 0.29) is 10.7 Å². The van der Waals surface area contributed by atoms with Gasteiger partial charge in [0.1, 0.15) is 10.8 Å². The molecule has 0 atom stereocenters. The number of nitrogens with zero attached hydrogens (tertiary/aromatic N) is 1. The lowest BCUT2D eigenvalue weighted by Gasteiger charge is -2.01. The number of rotatable bonds is 3. The second kappa shape index (κ2) is 6.29. The maximum atomic E-state index is 12.0. The Kier molecular flexibility index (Phi) is 4.18. The van der Waals surface area contributed by atoms with E-state index >= 15 is 0 Å². The van der Waals surface area contributed by atoms with Crippen LogP contribution in [-0.4, -0.2) is 10.9 Å². The molecule has 0 spiro atoms. The van der Waals surface area contributed by atoms with Crippen LogP contribution < -0.4 is 0 Å². The first kappa shape index (κ1) is 16.0. The zero-order valence-corrected chi connectivity index (χ0v) is 13.4. The molecule has 0 radical (unpaired) electrons. The number of carbonyl (C=O) groups excluding carboxylic acids is 1. The van der Waals surface area contributed by atoms with Crippen molar-refractivity contribution in [3.8, 4) is 0 Å². The van der Waals surface area contributed by atoms with Crippen LogP contribution in [0.3, 0.4) is 0 Å². The molecular weight excluding hydrogens is 330 g/mol. The highest BCUT2D eigenvalue weighted by Gasteiger charge is 2.22. The minimum Gasteiger partial charge on any atom is -0.422 e. The number of benzene rings is 2.